The number of aromatic nitrogens is 2. The number of pyridine rings is 1. The molecule has 0 atom stereocenters. The van der Waals surface area contributed by atoms with Crippen molar-refractivity contribution >= 4 is 21.8 Å². The Bertz CT molecular complexity index is 655. The van der Waals surface area contributed by atoms with Crippen LogP contribution in [0.2, 0.25) is 0 Å². The Morgan fingerprint density at radius 2 is 1.81 bits per heavy atom. The summed E-state index contributed by atoms with van der Waals surface area (Å²) in [7, 11) is 0. The van der Waals surface area contributed by atoms with Crippen LogP contribution in [-0.4, -0.2) is 4.98 Å². The SMILES string of the molecule is Cc1c(C)c2cc[n-]c2c2ncccc12.[Ir]. The molecule has 0 amide bonds. The molecule has 1 aromatic carbocycles. The second kappa shape index (κ2) is 4.00. The summed E-state index contributed by atoms with van der Waals surface area (Å²) in [5.41, 5.74) is 4.65. The molecule has 0 fully saturated rings. The second-order valence-electron chi connectivity index (χ2n) is 3.86. The number of hydrogen-bond acceptors (Lipinski definition) is 1. The number of fused-ring (bicyclic) bond motifs is 3. The molecule has 83 valence electrons. The third-order valence-corrected chi connectivity index (χ3v) is 3.10. The third kappa shape index (κ3) is 1.40. The first-order valence-electron chi connectivity index (χ1n) is 5.04. The van der Waals surface area contributed by atoms with Crippen LogP contribution in [0.5, 0.6) is 0 Å². The molecule has 1 radical (unpaired) electrons. The van der Waals surface area contributed by atoms with E-state index in [9.17, 15) is 0 Å². The van der Waals surface area contributed by atoms with Crippen LogP contribution in [0.3, 0.4) is 0 Å². The summed E-state index contributed by atoms with van der Waals surface area (Å²) in [5.74, 6) is 0. The Labute approximate surface area is 107 Å². The van der Waals surface area contributed by atoms with E-state index in [4.69, 9.17) is 0 Å². The average molecular weight is 387 g/mol. The molecule has 0 N–H and O–H groups in total. The van der Waals surface area contributed by atoms with Gasteiger partial charge in [-0.05, 0) is 36.4 Å². The molecule has 2 nitrogen and oxygen atoms in total. The van der Waals surface area contributed by atoms with Gasteiger partial charge in [0.15, 0.2) is 0 Å². The molecule has 0 saturated heterocycles. The fraction of sp³-hybridized carbons (Fsp3) is 0.154. The molecule has 0 spiro atoms. The Hall–Kier alpha value is -1.18. The summed E-state index contributed by atoms with van der Waals surface area (Å²) >= 11 is 0. The molecule has 3 rings (SSSR count). The zero-order valence-corrected chi connectivity index (χ0v) is 11.5. The summed E-state index contributed by atoms with van der Waals surface area (Å²) in [6.07, 6.45) is 3.68. The molecule has 2 heterocycles. The van der Waals surface area contributed by atoms with Crippen molar-refractivity contribution < 1.29 is 20.1 Å². The summed E-state index contributed by atoms with van der Waals surface area (Å²) in [5, 5.41) is 2.43. The summed E-state index contributed by atoms with van der Waals surface area (Å²) in [4.78, 5) is 8.81. The van der Waals surface area contributed by atoms with E-state index >= 15 is 0 Å². The van der Waals surface area contributed by atoms with Crippen LogP contribution in [-0.2, 0) is 20.1 Å². The van der Waals surface area contributed by atoms with Crippen LogP contribution in [0.15, 0.2) is 30.6 Å². The van der Waals surface area contributed by atoms with Crippen molar-refractivity contribution in [3.63, 3.8) is 0 Å². The molecule has 0 aliphatic carbocycles. The first-order chi connectivity index (χ1) is 7.29. The van der Waals surface area contributed by atoms with Crippen molar-refractivity contribution in [1.82, 2.24) is 9.97 Å². The van der Waals surface area contributed by atoms with Gasteiger partial charge < -0.3 is 4.98 Å². The van der Waals surface area contributed by atoms with E-state index in [1.54, 1.807) is 0 Å². The summed E-state index contributed by atoms with van der Waals surface area (Å²) in [6.45, 7) is 4.29. The molecular weight excluding hydrogens is 376 g/mol. The number of aryl methyl sites for hydroxylation is 2. The maximum Gasteiger partial charge on any atom is 0.0564 e. The standard InChI is InChI=1S/C13H11N2.Ir/c1-8-9(2)11-5-7-15-13(11)12-10(8)4-3-6-14-12;/h3-7H,1-2H3;/q-1;. The van der Waals surface area contributed by atoms with Gasteiger partial charge in [0, 0.05) is 31.7 Å². The molecule has 2 aromatic heterocycles. The minimum absolute atomic E-state index is 0. The summed E-state index contributed by atoms with van der Waals surface area (Å²) in [6, 6.07) is 6.15. The fourth-order valence-corrected chi connectivity index (χ4v) is 2.13. The van der Waals surface area contributed by atoms with E-state index in [1.807, 2.05) is 18.5 Å². The predicted octanol–water partition coefficient (Wildman–Crippen LogP) is 2.96. The molecule has 16 heavy (non-hydrogen) atoms. The van der Waals surface area contributed by atoms with Crippen molar-refractivity contribution in [2.45, 2.75) is 13.8 Å². The molecule has 3 aromatic rings. The quantitative estimate of drug-likeness (QED) is 0.593. The van der Waals surface area contributed by atoms with Crippen molar-refractivity contribution in [2.24, 2.45) is 0 Å². The van der Waals surface area contributed by atoms with Crippen LogP contribution in [0.25, 0.3) is 21.8 Å². The Kier molecular flexibility index (Phi) is 2.83. The van der Waals surface area contributed by atoms with E-state index in [-0.39, 0.29) is 20.1 Å². The first-order valence-corrected chi connectivity index (χ1v) is 5.04. The van der Waals surface area contributed by atoms with Crippen LogP contribution in [0.4, 0.5) is 0 Å². The van der Waals surface area contributed by atoms with Gasteiger partial charge in [-0.1, -0.05) is 12.1 Å². The summed E-state index contributed by atoms with van der Waals surface area (Å²) < 4.78 is 0. The fourth-order valence-electron chi connectivity index (χ4n) is 2.13. The van der Waals surface area contributed by atoms with Gasteiger partial charge in [0.05, 0.1) is 5.52 Å². The predicted molar refractivity (Wildman–Crippen MR) is 62.0 cm³/mol. The maximum absolute atomic E-state index is 4.42. The molecule has 0 bridgehead atoms. The smallest absolute Gasteiger partial charge is 0.0564 e. The van der Waals surface area contributed by atoms with Gasteiger partial charge in [0.25, 0.3) is 0 Å². The number of benzene rings is 1. The normalized spacial score (nSPS) is 10.6. The minimum atomic E-state index is 0. The molecule has 0 saturated carbocycles. The van der Waals surface area contributed by atoms with Crippen LogP contribution in [0, 0.1) is 13.8 Å². The molecule has 0 unspecified atom stereocenters. The number of hydrogen-bond donors (Lipinski definition) is 0. The largest absolute Gasteiger partial charge is 0.662 e. The Balaban J connectivity index is 0.000000963. The Morgan fingerprint density at radius 3 is 2.62 bits per heavy atom. The molecule has 0 aliphatic rings. The van der Waals surface area contributed by atoms with E-state index in [0.717, 1.165) is 11.0 Å². The van der Waals surface area contributed by atoms with Crippen molar-refractivity contribution in [2.75, 3.05) is 0 Å². The zero-order chi connectivity index (χ0) is 10.4. The average Bonchev–Trinajstić information content (AvgIpc) is 2.75. The van der Waals surface area contributed by atoms with Crippen molar-refractivity contribution in [3.8, 4) is 0 Å². The van der Waals surface area contributed by atoms with Gasteiger partial charge >= 0.3 is 0 Å². The molecular formula is C13H11IrN2-. The van der Waals surface area contributed by atoms with Crippen LogP contribution < -0.4 is 4.98 Å². The number of nitrogens with zero attached hydrogens (tertiary/aromatic N) is 2. The van der Waals surface area contributed by atoms with Gasteiger partial charge in [-0.15, -0.1) is 5.52 Å². The van der Waals surface area contributed by atoms with Gasteiger partial charge in [-0.3, -0.25) is 4.98 Å². The van der Waals surface area contributed by atoms with Gasteiger partial charge in [0.2, 0.25) is 0 Å². The van der Waals surface area contributed by atoms with E-state index in [0.29, 0.717) is 0 Å². The minimum Gasteiger partial charge on any atom is -0.662 e. The molecule has 3 heteroatoms. The van der Waals surface area contributed by atoms with Gasteiger partial charge in [0.1, 0.15) is 0 Å². The van der Waals surface area contributed by atoms with Crippen LogP contribution in [0.1, 0.15) is 11.1 Å². The monoisotopic (exact) mass is 388 g/mol. The van der Waals surface area contributed by atoms with Crippen molar-refractivity contribution in [3.05, 3.63) is 41.7 Å². The van der Waals surface area contributed by atoms with E-state index in [2.05, 4.69) is 35.9 Å². The topological polar surface area (TPSA) is 27.0 Å². The maximum atomic E-state index is 4.42. The molecule has 0 aliphatic heterocycles. The second-order valence-corrected chi connectivity index (χ2v) is 3.86. The van der Waals surface area contributed by atoms with E-state index < -0.39 is 0 Å². The van der Waals surface area contributed by atoms with Gasteiger partial charge in [-0.25, -0.2) is 0 Å². The van der Waals surface area contributed by atoms with Crippen LogP contribution >= 0.6 is 0 Å². The Morgan fingerprint density at radius 1 is 1.06 bits per heavy atom. The number of rotatable bonds is 0. The zero-order valence-electron chi connectivity index (χ0n) is 9.11. The van der Waals surface area contributed by atoms with Gasteiger partial charge in [-0.2, -0.15) is 6.20 Å². The van der Waals surface area contributed by atoms with E-state index in [1.165, 1.54) is 21.9 Å². The third-order valence-electron chi connectivity index (χ3n) is 3.10. The first kappa shape index (κ1) is 11.3. The van der Waals surface area contributed by atoms with Crippen molar-refractivity contribution in [1.29, 1.82) is 0 Å².